The second-order valence-electron chi connectivity index (χ2n) is 8.87. The Morgan fingerprint density at radius 3 is 2.17 bits per heavy atom. The number of nitrogens with zero attached hydrogens (tertiary/aromatic N) is 4. The lowest BCUT2D eigenvalue weighted by Gasteiger charge is -2.11. The molecule has 0 saturated carbocycles. The third kappa shape index (κ3) is 5.95. The largest absolute Gasteiger partial charge is 0.478 e. The zero-order valence-electron chi connectivity index (χ0n) is 22.5. The number of carbonyl (C=O) groups excluding carboxylic acids is 2. The number of hydrogen-bond acceptors (Lipinski definition) is 8. The molecule has 0 fully saturated rings. The molecule has 2 aromatic heterocycles. The fourth-order valence-electron chi connectivity index (χ4n) is 4.17. The van der Waals surface area contributed by atoms with Gasteiger partial charge in [0.25, 0.3) is 21.8 Å². The first-order chi connectivity index (χ1) is 20.3. The van der Waals surface area contributed by atoms with Crippen LogP contribution < -0.4 is 20.1 Å². The first-order valence-electron chi connectivity index (χ1n) is 12.6. The van der Waals surface area contributed by atoms with Gasteiger partial charge in [0.2, 0.25) is 5.82 Å². The summed E-state index contributed by atoms with van der Waals surface area (Å²) in [5.41, 5.74) is 2.95. The van der Waals surface area contributed by atoms with E-state index in [-0.39, 0.29) is 27.8 Å². The fraction of sp³-hybridized carbons (Fsp3) is 0.0690. The molecule has 0 aliphatic carbocycles. The molecule has 0 aliphatic rings. The Morgan fingerprint density at radius 2 is 1.50 bits per heavy atom. The monoisotopic (exact) mass is 583 g/mol. The van der Waals surface area contributed by atoms with Gasteiger partial charge in [-0.25, -0.2) is 27.9 Å². The number of amides is 3. The molecule has 3 aromatic carbocycles. The van der Waals surface area contributed by atoms with Crippen LogP contribution in [-0.4, -0.2) is 47.2 Å². The molecule has 0 radical (unpaired) electrons. The standard InChI is InChI=1S/C29H25N7O5S/c1-19-24(25(20-9-5-3-6-10-20)34-36(19)22-11-7-4-8-12-22)27(37)33-29(38)32-21-13-15-23(16-14-21)42(39,40)35-26-28(41-2)31-18-17-30-26/h3-18H,1-2H3,(H,30,35)(H2,32,33,37,38). The molecule has 5 aromatic rings. The molecular formula is C29H25N7O5S. The summed E-state index contributed by atoms with van der Waals surface area (Å²) in [6.07, 6.45) is 2.69. The Balaban J connectivity index is 1.33. The second-order valence-corrected chi connectivity index (χ2v) is 10.6. The molecule has 3 amide bonds. The Kier molecular flexibility index (Phi) is 7.93. The van der Waals surface area contributed by atoms with Gasteiger partial charge in [0, 0.05) is 23.6 Å². The number of ether oxygens (including phenoxy) is 1. The maximum Gasteiger partial charge on any atom is 0.326 e. The van der Waals surface area contributed by atoms with Crippen LogP contribution in [0.3, 0.4) is 0 Å². The molecule has 0 saturated heterocycles. The van der Waals surface area contributed by atoms with E-state index in [1.165, 1.54) is 43.8 Å². The van der Waals surface area contributed by atoms with Crippen LogP contribution in [0.25, 0.3) is 16.9 Å². The van der Waals surface area contributed by atoms with E-state index in [0.29, 0.717) is 17.0 Å². The molecule has 0 spiro atoms. The Bertz CT molecular complexity index is 1840. The van der Waals surface area contributed by atoms with Gasteiger partial charge < -0.3 is 10.1 Å². The number of urea groups is 1. The third-order valence-electron chi connectivity index (χ3n) is 6.13. The van der Waals surface area contributed by atoms with Gasteiger partial charge in [-0.1, -0.05) is 48.5 Å². The van der Waals surface area contributed by atoms with E-state index in [1.807, 2.05) is 60.7 Å². The molecule has 0 aliphatic heterocycles. The molecule has 5 rings (SSSR count). The molecule has 0 unspecified atom stereocenters. The maximum atomic E-state index is 13.4. The number of hydrogen-bond donors (Lipinski definition) is 3. The average Bonchev–Trinajstić information content (AvgIpc) is 3.35. The van der Waals surface area contributed by atoms with Crippen LogP contribution in [0.15, 0.2) is 102 Å². The van der Waals surface area contributed by atoms with Crippen LogP contribution in [-0.2, 0) is 10.0 Å². The number of para-hydroxylation sites is 1. The number of methoxy groups -OCH3 is 1. The van der Waals surface area contributed by atoms with Crippen LogP contribution in [0.1, 0.15) is 16.1 Å². The van der Waals surface area contributed by atoms with Gasteiger partial charge in [0.1, 0.15) is 5.69 Å². The highest BCUT2D eigenvalue weighted by Gasteiger charge is 2.25. The van der Waals surface area contributed by atoms with Gasteiger partial charge in [0.15, 0.2) is 0 Å². The minimum absolute atomic E-state index is 0.0145. The van der Waals surface area contributed by atoms with Crippen molar-refractivity contribution >= 4 is 33.5 Å². The molecule has 2 heterocycles. The van der Waals surface area contributed by atoms with Gasteiger partial charge in [-0.05, 0) is 43.3 Å². The summed E-state index contributed by atoms with van der Waals surface area (Å²) >= 11 is 0. The van der Waals surface area contributed by atoms with E-state index >= 15 is 0 Å². The van der Waals surface area contributed by atoms with E-state index in [2.05, 4.69) is 30.4 Å². The quantitative estimate of drug-likeness (QED) is 0.242. The molecule has 12 nitrogen and oxygen atoms in total. The first kappa shape index (κ1) is 28.0. The first-order valence-corrected chi connectivity index (χ1v) is 14.1. The van der Waals surface area contributed by atoms with Crippen molar-refractivity contribution in [3.63, 3.8) is 0 Å². The minimum Gasteiger partial charge on any atom is -0.478 e. The summed E-state index contributed by atoms with van der Waals surface area (Å²) in [6.45, 7) is 1.75. The normalized spacial score (nSPS) is 11.0. The van der Waals surface area contributed by atoms with E-state index in [9.17, 15) is 18.0 Å². The molecule has 13 heteroatoms. The van der Waals surface area contributed by atoms with Crippen molar-refractivity contribution in [1.29, 1.82) is 0 Å². The maximum absolute atomic E-state index is 13.4. The Morgan fingerprint density at radius 1 is 0.857 bits per heavy atom. The topological polar surface area (TPSA) is 157 Å². The molecule has 3 N–H and O–H groups in total. The number of anilines is 2. The summed E-state index contributed by atoms with van der Waals surface area (Å²) in [7, 11) is -2.68. The number of rotatable bonds is 8. The smallest absolute Gasteiger partial charge is 0.326 e. The van der Waals surface area contributed by atoms with Gasteiger partial charge in [0.05, 0.1) is 29.0 Å². The Hall–Kier alpha value is -5.56. The summed E-state index contributed by atoms with van der Waals surface area (Å²) in [6, 6.07) is 23.1. The number of benzene rings is 3. The zero-order valence-corrected chi connectivity index (χ0v) is 23.3. The molecule has 0 atom stereocenters. The average molecular weight is 584 g/mol. The Labute approximate surface area is 241 Å². The van der Waals surface area contributed by atoms with Gasteiger partial charge >= 0.3 is 6.03 Å². The van der Waals surface area contributed by atoms with Crippen molar-refractivity contribution < 1.29 is 22.7 Å². The number of sulfonamides is 1. The van der Waals surface area contributed by atoms with E-state index < -0.39 is 22.0 Å². The van der Waals surface area contributed by atoms with Gasteiger partial charge in [-0.3, -0.25) is 14.8 Å². The highest BCUT2D eigenvalue weighted by atomic mass is 32.2. The lowest BCUT2D eigenvalue weighted by molar-refractivity contribution is 0.0967. The predicted molar refractivity (Wildman–Crippen MR) is 156 cm³/mol. The SMILES string of the molecule is COc1nccnc1NS(=O)(=O)c1ccc(NC(=O)NC(=O)c2c(-c3ccccc3)nn(-c3ccccc3)c2C)cc1. The number of carbonyl (C=O) groups is 2. The van der Waals surface area contributed by atoms with Crippen LogP contribution >= 0.6 is 0 Å². The van der Waals surface area contributed by atoms with Crippen molar-refractivity contribution in [2.45, 2.75) is 11.8 Å². The lowest BCUT2D eigenvalue weighted by atomic mass is 10.1. The summed E-state index contributed by atoms with van der Waals surface area (Å²) < 4.78 is 34.6. The predicted octanol–water partition coefficient (Wildman–Crippen LogP) is 4.41. The molecular weight excluding hydrogens is 558 g/mol. The number of aromatic nitrogens is 4. The van der Waals surface area contributed by atoms with Gasteiger partial charge in [-0.2, -0.15) is 5.10 Å². The van der Waals surface area contributed by atoms with Crippen molar-refractivity contribution in [2.75, 3.05) is 17.1 Å². The van der Waals surface area contributed by atoms with Gasteiger partial charge in [-0.15, -0.1) is 0 Å². The van der Waals surface area contributed by atoms with Crippen LogP contribution in [0.5, 0.6) is 5.88 Å². The highest BCUT2D eigenvalue weighted by molar-refractivity contribution is 7.92. The van der Waals surface area contributed by atoms with Crippen LogP contribution in [0.2, 0.25) is 0 Å². The van der Waals surface area contributed by atoms with E-state index in [0.717, 1.165) is 5.69 Å². The molecule has 212 valence electrons. The number of imide groups is 1. The fourth-order valence-corrected chi connectivity index (χ4v) is 5.18. The molecule has 42 heavy (non-hydrogen) atoms. The molecule has 0 bridgehead atoms. The lowest BCUT2D eigenvalue weighted by Crippen LogP contribution is -2.34. The van der Waals surface area contributed by atoms with Crippen LogP contribution in [0.4, 0.5) is 16.3 Å². The summed E-state index contributed by atoms with van der Waals surface area (Å²) in [4.78, 5) is 33.9. The van der Waals surface area contributed by atoms with E-state index in [1.54, 1.807) is 11.6 Å². The minimum atomic E-state index is -4.03. The third-order valence-corrected chi connectivity index (χ3v) is 7.48. The van der Waals surface area contributed by atoms with Crippen molar-refractivity contribution in [3.8, 4) is 22.8 Å². The summed E-state index contributed by atoms with van der Waals surface area (Å²) in [5.74, 6) is -0.700. The van der Waals surface area contributed by atoms with Crippen molar-refractivity contribution in [3.05, 3.63) is 109 Å². The number of nitrogens with one attached hydrogen (secondary N) is 3. The second kappa shape index (κ2) is 11.9. The van der Waals surface area contributed by atoms with Crippen LogP contribution in [0, 0.1) is 6.92 Å². The van der Waals surface area contributed by atoms with Crippen molar-refractivity contribution in [2.24, 2.45) is 0 Å². The highest BCUT2D eigenvalue weighted by Crippen LogP contribution is 2.27. The zero-order chi connectivity index (χ0) is 29.7. The van der Waals surface area contributed by atoms with Crippen molar-refractivity contribution in [1.82, 2.24) is 25.1 Å². The van der Waals surface area contributed by atoms with E-state index in [4.69, 9.17) is 4.74 Å². The summed E-state index contributed by atoms with van der Waals surface area (Å²) in [5, 5.41) is 9.58.